The number of furan rings is 1. The van der Waals surface area contributed by atoms with E-state index in [0.29, 0.717) is 21.9 Å². The number of carbonyl (C=O) groups is 1. The SMILES string of the molecule is COc1cc(-c2cn(C3CCc4c(F)cccc4N(CC(F)(F)F)C3=O)nn2)ccc1-c1ccc2occc2c1. The number of rotatable bonds is 5. The average Bonchev–Trinajstić information content (AvgIpc) is 3.59. The molecule has 7 nitrogen and oxygen atoms in total. The number of fused-ring (bicyclic) bond motifs is 2. The van der Waals surface area contributed by atoms with Gasteiger partial charge in [-0.05, 0) is 60.9 Å². The summed E-state index contributed by atoms with van der Waals surface area (Å²) in [6.07, 6.45) is -1.43. The van der Waals surface area contributed by atoms with Crippen molar-refractivity contribution in [3.8, 4) is 28.1 Å². The number of aromatic nitrogens is 3. The van der Waals surface area contributed by atoms with Crippen LogP contribution in [0.2, 0.25) is 0 Å². The van der Waals surface area contributed by atoms with Crippen LogP contribution in [-0.2, 0) is 11.2 Å². The lowest BCUT2D eigenvalue weighted by molar-refractivity contribution is -0.134. The second-order valence-electron chi connectivity index (χ2n) is 9.50. The molecule has 204 valence electrons. The number of carbonyl (C=O) groups excluding carboxylic acids is 1. The highest BCUT2D eigenvalue weighted by Crippen LogP contribution is 2.37. The normalized spacial score (nSPS) is 15.8. The summed E-state index contributed by atoms with van der Waals surface area (Å²) >= 11 is 0. The van der Waals surface area contributed by atoms with E-state index in [4.69, 9.17) is 9.15 Å². The standard InChI is InChI=1S/C29H22F4N4O3/c1-39-27-14-18(5-7-20(27)17-6-10-26-19(13-17)11-12-40-26)23-15-37(35-34-23)25-9-8-21-22(30)3-2-4-24(21)36(28(25)38)16-29(31,32)33/h2-7,10-15,25H,8-9,16H2,1H3. The minimum atomic E-state index is -4.68. The Hall–Kier alpha value is -4.67. The van der Waals surface area contributed by atoms with Gasteiger partial charge in [0.05, 0.1) is 25.3 Å². The number of benzene rings is 3. The van der Waals surface area contributed by atoms with E-state index in [0.717, 1.165) is 22.1 Å². The predicted molar refractivity (Wildman–Crippen MR) is 139 cm³/mol. The van der Waals surface area contributed by atoms with E-state index in [1.165, 1.54) is 29.1 Å². The summed E-state index contributed by atoms with van der Waals surface area (Å²) in [7, 11) is 1.55. The maximum absolute atomic E-state index is 14.6. The Balaban J connectivity index is 1.32. The van der Waals surface area contributed by atoms with E-state index in [-0.39, 0.29) is 24.1 Å². The number of hydrogen-bond acceptors (Lipinski definition) is 5. The lowest BCUT2D eigenvalue weighted by atomic mass is 10.0. The summed E-state index contributed by atoms with van der Waals surface area (Å²) in [5.74, 6) is -0.917. The third-order valence-corrected chi connectivity index (χ3v) is 7.03. The third kappa shape index (κ3) is 4.67. The van der Waals surface area contributed by atoms with Gasteiger partial charge < -0.3 is 14.1 Å². The average molecular weight is 551 g/mol. The Bertz CT molecular complexity index is 1730. The molecule has 1 aliphatic heterocycles. The Kier molecular flexibility index (Phi) is 6.28. The zero-order valence-electron chi connectivity index (χ0n) is 21.2. The molecule has 3 heterocycles. The molecule has 5 aromatic rings. The van der Waals surface area contributed by atoms with Gasteiger partial charge in [-0.3, -0.25) is 4.79 Å². The molecule has 2 aromatic heterocycles. The number of nitrogens with zero attached hydrogens (tertiary/aromatic N) is 4. The van der Waals surface area contributed by atoms with Crippen molar-refractivity contribution in [3.63, 3.8) is 0 Å². The minimum absolute atomic E-state index is 0.0582. The molecule has 1 aliphatic rings. The van der Waals surface area contributed by atoms with Crippen LogP contribution in [-0.4, -0.2) is 40.7 Å². The van der Waals surface area contributed by atoms with Gasteiger partial charge in [-0.2, -0.15) is 13.2 Å². The highest BCUT2D eigenvalue weighted by atomic mass is 19.4. The Labute approximate surface area is 225 Å². The summed E-state index contributed by atoms with van der Waals surface area (Å²) in [6.45, 7) is -1.54. The molecule has 6 rings (SSSR count). The number of methoxy groups -OCH3 is 1. The molecule has 11 heteroatoms. The first-order chi connectivity index (χ1) is 19.2. The van der Waals surface area contributed by atoms with Crippen LogP contribution < -0.4 is 9.64 Å². The van der Waals surface area contributed by atoms with Gasteiger partial charge in [0.2, 0.25) is 0 Å². The van der Waals surface area contributed by atoms with Crippen molar-refractivity contribution >= 4 is 22.6 Å². The van der Waals surface area contributed by atoms with Crippen LogP contribution >= 0.6 is 0 Å². The van der Waals surface area contributed by atoms with Gasteiger partial charge in [0, 0.05) is 22.1 Å². The fraction of sp³-hybridized carbons (Fsp3) is 0.207. The van der Waals surface area contributed by atoms with Crippen LogP contribution in [0.1, 0.15) is 18.0 Å². The van der Waals surface area contributed by atoms with Crippen LogP contribution in [0.5, 0.6) is 5.75 Å². The maximum Gasteiger partial charge on any atom is 0.406 e. The summed E-state index contributed by atoms with van der Waals surface area (Å²) < 4.78 is 67.2. The van der Waals surface area contributed by atoms with E-state index in [1.807, 2.05) is 36.4 Å². The monoisotopic (exact) mass is 550 g/mol. The Morgan fingerprint density at radius 2 is 1.90 bits per heavy atom. The van der Waals surface area contributed by atoms with E-state index in [1.54, 1.807) is 19.4 Å². The van der Waals surface area contributed by atoms with Crippen LogP contribution in [0.15, 0.2) is 77.5 Å². The molecule has 1 amide bonds. The van der Waals surface area contributed by atoms with Crippen molar-refractivity contribution in [2.45, 2.75) is 25.1 Å². The van der Waals surface area contributed by atoms with E-state index in [9.17, 15) is 22.4 Å². The Morgan fingerprint density at radius 1 is 1.07 bits per heavy atom. The quantitative estimate of drug-likeness (QED) is 0.231. The molecule has 0 fully saturated rings. The molecule has 0 aliphatic carbocycles. The summed E-state index contributed by atoms with van der Waals surface area (Å²) in [6, 6.07) is 15.8. The van der Waals surface area contributed by atoms with E-state index in [2.05, 4.69) is 10.3 Å². The van der Waals surface area contributed by atoms with Crippen molar-refractivity contribution in [1.82, 2.24) is 15.0 Å². The number of amides is 1. The zero-order chi connectivity index (χ0) is 28.0. The number of hydrogen-bond donors (Lipinski definition) is 0. The number of anilines is 1. The number of alkyl halides is 3. The van der Waals surface area contributed by atoms with Crippen LogP contribution in [0, 0.1) is 5.82 Å². The van der Waals surface area contributed by atoms with Gasteiger partial charge in [0.1, 0.15) is 35.4 Å². The molecule has 0 bridgehead atoms. The van der Waals surface area contributed by atoms with Crippen molar-refractivity contribution in [2.75, 3.05) is 18.6 Å². The minimum Gasteiger partial charge on any atom is -0.496 e. The maximum atomic E-state index is 14.6. The lowest BCUT2D eigenvalue weighted by Crippen LogP contribution is -2.42. The van der Waals surface area contributed by atoms with Crippen molar-refractivity contribution < 1.29 is 31.5 Å². The van der Waals surface area contributed by atoms with Gasteiger partial charge in [0.15, 0.2) is 0 Å². The molecular formula is C29H22F4N4O3. The fourth-order valence-corrected chi connectivity index (χ4v) is 5.12. The van der Waals surface area contributed by atoms with Gasteiger partial charge in [-0.15, -0.1) is 5.10 Å². The van der Waals surface area contributed by atoms with Gasteiger partial charge in [0.25, 0.3) is 5.91 Å². The highest BCUT2D eigenvalue weighted by molar-refractivity contribution is 5.97. The molecule has 1 unspecified atom stereocenters. The van der Waals surface area contributed by atoms with Crippen molar-refractivity contribution in [2.24, 2.45) is 0 Å². The smallest absolute Gasteiger partial charge is 0.406 e. The first kappa shape index (κ1) is 25.6. The lowest BCUT2D eigenvalue weighted by Gasteiger charge is -2.26. The number of halogens is 4. The molecular weight excluding hydrogens is 528 g/mol. The molecule has 0 spiro atoms. The van der Waals surface area contributed by atoms with Gasteiger partial charge in [-0.25, -0.2) is 9.07 Å². The summed E-state index contributed by atoms with van der Waals surface area (Å²) in [5.41, 5.74) is 3.54. The highest BCUT2D eigenvalue weighted by Gasteiger charge is 2.40. The van der Waals surface area contributed by atoms with E-state index < -0.39 is 30.5 Å². The summed E-state index contributed by atoms with van der Waals surface area (Å²) in [4.78, 5) is 14.0. The molecule has 1 atom stereocenters. The van der Waals surface area contributed by atoms with Crippen LogP contribution in [0.25, 0.3) is 33.4 Å². The van der Waals surface area contributed by atoms with E-state index >= 15 is 0 Å². The first-order valence-electron chi connectivity index (χ1n) is 12.5. The third-order valence-electron chi connectivity index (χ3n) is 7.03. The van der Waals surface area contributed by atoms with Gasteiger partial charge >= 0.3 is 6.18 Å². The van der Waals surface area contributed by atoms with Crippen molar-refractivity contribution in [1.29, 1.82) is 0 Å². The summed E-state index contributed by atoms with van der Waals surface area (Å²) in [5, 5.41) is 9.21. The molecule has 40 heavy (non-hydrogen) atoms. The second kappa shape index (κ2) is 9.82. The van der Waals surface area contributed by atoms with Gasteiger partial charge in [-0.1, -0.05) is 23.4 Å². The molecule has 0 N–H and O–H groups in total. The van der Waals surface area contributed by atoms with Crippen LogP contribution in [0.4, 0.5) is 23.2 Å². The number of ether oxygens (including phenoxy) is 1. The van der Waals surface area contributed by atoms with Crippen LogP contribution in [0.3, 0.4) is 0 Å². The largest absolute Gasteiger partial charge is 0.496 e. The second-order valence-corrected chi connectivity index (χ2v) is 9.50. The topological polar surface area (TPSA) is 73.4 Å². The zero-order valence-corrected chi connectivity index (χ0v) is 21.2. The fourth-order valence-electron chi connectivity index (χ4n) is 5.12. The molecule has 3 aromatic carbocycles. The van der Waals surface area contributed by atoms with Crippen molar-refractivity contribution in [3.05, 3.63) is 84.5 Å². The molecule has 0 saturated heterocycles. The Morgan fingerprint density at radius 3 is 2.70 bits per heavy atom. The molecule has 0 radical (unpaired) electrons. The molecule has 0 saturated carbocycles. The first-order valence-corrected chi connectivity index (χ1v) is 12.5. The predicted octanol–water partition coefficient (Wildman–Crippen LogP) is 6.59.